The molecule has 0 unspecified atom stereocenters. The Labute approximate surface area is 139 Å². The average molecular weight is 326 g/mol. The Morgan fingerprint density at radius 3 is 2.22 bits per heavy atom. The second-order valence-corrected chi connectivity index (χ2v) is 5.08. The molecule has 0 aromatic heterocycles. The standard InChI is InChI=1S/C18H30O5/c1-4-5-6-7-8-9-10-11-14-17(22-23-21-3)15-12-13-16-18(19)20-2/h12-16H,4-11H2,1-3H3/b15-12+,16-13+,17-14-. The Morgan fingerprint density at radius 1 is 0.913 bits per heavy atom. The van der Waals surface area contributed by atoms with E-state index in [1.165, 1.54) is 58.8 Å². The molecule has 0 bridgehead atoms. The molecular formula is C18H30O5. The SMILES string of the molecule is CCCCCCCCC/C=C(/C=C/C=C/C(=O)OC)OOOC. The van der Waals surface area contributed by atoms with Gasteiger partial charge < -0.3 is 9.62 Å². The quantitative estimate of drug-likeness (QED) is 0.0872. The number of ether oxygens (including phenoxy) is 1. The Hall–Kier alpha value is -1.59. The summed E-state index contributed by atoms with van der Waals surface area (Å²) in [5.41, 5.74) is 0. The van der Waals surface area contributed by atoms with E-state index in [4.69, 9.17) is 4.89 Å². The molecule has 0 rings (SSSR count). The number of methoxy groups -OCH3 is 1. The first kappa shape index (κ1) is 21.4. The summed E-state index contributed by atoms with van der Waals surface area (Å²) in [6, 6.07) is 0. The molecule has 0 aliphatic rings. The Bertz CT molecular complexity index is 372. The van der Waals surface area contributed by atoms with Gasteiger partial charge in [0.1, 0.15) is 0 Å². The summed E-state index contributed by atoms with van der Waals surface area (Å²) < 4.78 is 4.50. The van der Waals surface area contributed by atoms with Gasteiger partial charge in [-0.15, -0.1) is 0 Å². The zero-order valence-corrected chi connectivity index (χ0v) is 14.6. The van der Waals surface area contributed by atoms with Crippen molar-refractivity contribution in [3.8, 4) is 0 Å². The average Bonchev–Trinajstić information content (AvgIpc) is 2.57. The second kappa shape index (κ2) is 16.8. The first-order chi connectivity index (χ1) is 11.2. The molecule has 23 heavy (non-hydrogen) atoms. The van der Waals surface area contributed by atoms with Gasteiger partial charge in [-0.1, -0.05) is 57.6 Å². The van der Waals surface area contributed by atoms with E-state index in [0.717, 1.165) is 12.8 Å². The van der Waals surface area contributed by atoms with E-state index in [9.17, 15) is 4.79 Å². The van der Waals surface area contributed by atoms with Crippen molar-refractivity contribution >= 4 is 5.97 Å². The molecular weight excluding hydrogens is 296 g/mol. The first-order valence-electron chi connectivity index (χ1n) is 8.24. The van der Waals surface area contributed by atoms with Crippen LogP contribution in [0.5, 0.6) is 0 Å². The minimum atomic E-state index is -0.405. The van der Waals surface area contributed by atoms with E-state index in [-0.39, 0.29) is 0 Å². The number of unbranched alkanes of at least 4 members (excludes halogenated alkanes) is 7. The molecule has 0 aromatic carbocycles. The van der Waals surface area contributed by atoms with Crippen LogP contribution in [0.1, 0.15) is 58.3 Å². The largest absolute Gasteiger partial charge is 0.466 e. The number of esters is 1. The highest BCUT2D eigenvalue weighted by Crippen LogP contribution is 2.11. The summed E-state index contributed by atoms with van der Waals surface area (Å²) in [7, 11) is 2.70. The van der Waals surface area contributed by atoms with Gasteiger partial charge in [0, 0.05) is 6.08 Å². The number of rotatable bonds is 14. The second-order valence-electron chi connectivity index (χ2n) is 5.08. The number of hydrogen-bond acceptors (Lipinski definition) is 5. The number of carbonyl (C=O) groups is 1. The van der Waals surface area contributed by atoms with E-state index < -0.39 is 5.97 Å². The number of carbonyl (C=O) groups excluding carboxylic acids is 1. The van der Waals surface area contributed by atoms with Crippen LogP contribution in [0.2, 0.25) is 0 Å². The third kappa shape index (κ3) is 15.1. The fourth-order valence-electron chi connectivity index (χ4n) is 1.90. The van der Waals surface area contributed by atoms with Crippen molar-refractivity contribution in [1.29, 1.82) is 0 Å². The topological polar surface area (TPSA) is 54.0 Å². The lowest BCUT2D eigenvalue weighted by Crippen LogP contribution is -1.93. The van der Waals surface area contributed by atoms with Gasteiger partial charge in [0.05, 0.1) is 14.2 Å². The van der Waals surface area contributed by atoms with Crippen LogP contribution in [0.3, 0.4) is 0 Å². The fourth-order valence-corrected chi connectivity index (χ4v) is 1.90. The summed E-state index contributed by atoms with van der Waals surface area (Å²) in [6.07, 6.45) is 17.9. The zero-order chi connectivity index (χ0) is 17.2. The molecule has 0 amide bonds. The van der Waals surface area contributed by atoms with Crippen molar-refractivity contribution in [2.24, 2.45) is 0 Å². The lowest BCUT2D eigenvalue weighted by Gasteiger charge is -2.02. The highest BCUT2D eigenvalue weighted by molar-refractivity contribution is 5.82. The molecule has 0 saturated heterocycles. The molecule has 0 radical (unpaired) electrons. The molecule has 0 fully saturated rings. The van der Waals surface area contributed by atoms with Crippen LogP contribution in [0, 0.1) is 0 Å². The third-order valence-electron chi connectivity index (χ3n) is 3.16. The van der Waals surface area contributed by atoms with Crippen LogP contribution in [0.4, 0.5) is 0 Å². The van der Waals surface area contributed by atoms with Crippen LogP contribution < -0.4 is 0 Å². The summed E-state index contributed by atoms with van der Waals surface area (Å²) in [6.45, 7) is 2.22. The van der Waals surface area contributed by atoms with Crippen molar-refractivity contribution < 1.29 is 24.3 Å². The predicted molar refractivity (Wildman–Crippen MR) is 90.2 cm³/mol. The molecule has 132 valence electrons. The maximum absolute atomic E-state index is 10.9. The molecule has 0 aliphatic heterocycles. The van der Waals surface area contributed by atoms with Crippen molar-refractivity contribution in [1.82, 2.24) is 0 Å². The molecule has 0 aromatic rings. The molecule has 0 saturated carbocycles. The van der Waals surface area contributed by atoms with Gasteiger partial charge in [-0.25, -0.2) is 4.79 Å². The fraction of sp³-hybridized carbons (Fsp3) is 0.611. The van der Waals surface area contributed by atoms with Crippen molar-refractivity contribution in [3.05, 3.63) is 36.1 Å². The van der Waals surface area contributed by atoms with Crippen molar-refractivity contribution in [2.45, 2.75) is 58.3 Å². The molecule has 0 spiro atoms. The van der Waals surface area contributed by atoms with Gasteiger partial charge in [-0.2, -0.15) is 4.89 Å². The van der Waals surface area contributed by atoms with E-state index in [2.05, 4.69) is 21.6 Å². The van der Waals surface area contributed by atoms with E-state index in [1.54, 1.807) is 18.2 Å². The number of allylic oxidation sites excluding steroid dienone is 4. The van der Waals surface area contributed by atoms with Gasteiger partial charge in [0.15, 0.2) is 5.76 Å². The zero-order valence-electron chi connectivity index (χ0n) is 14.6. The minimum Gasteiger partial charge on any atom is -0.466 e. The Balaban J connectivity index is 4.08. The van der Waals surface area contributed by atoms with Gasteiger partial charge in [-0.05, 0) is 30.0 Å². The van der Waals surface area contributed by atoms with E-state index in [1.807, 2.05) is 6.08 Å². The molecule has 0 aliphatic carbocycles. The Kier molecular flexibility index (Phi) is 15.6. The van der Waals surface area contributed by atoms with Crippen LogP contribution in [-0.2, 0) is 24.3 Å². The Morgan fingerprint density at radius 2 is 1.57 bits per heavy atom. The molecule has 5 heteroatoms. The van der Waals surface area contributed by atoms with Gasteiger partial charge in [0.2, 0.25) is 0 Å². The van der Waals surface area contributed by atoms with Gasteiger partial charge >= 0.3 is 5.97 Å². The lowest BCUT2D eigenvalue weighted by molar-refractivity contribution is -0.483. The normalized spacial score (nSPS) is 12.2. The maximum atomic E-state index is 10.9. The van der Waals surface area contributed by atoms with E-state index in [0.29, 0.717) is 5.76 Å². The monoisotopic (exact) mass is 326 g/mol. The van der Waals surface area contributed by atoms with Gasteiger partial charge in [-0.3, -0.25) is 0 Å². The van der Waals surface area contributed by atoms with Crippen LogP contribution >= 0.6 is 0 Å². The molecule has 0 N–H and O–H groups in total. The van der Waals surface area contributed by atoms with Crippen LogP contribution in [0.25, 0.3) is 0 Å². The van der Waals surface area contributed by atoms with Crippen molar-refractivity contribution in [3.63, 3.8) is 0 Å². The van der Waals surface area contributed by atoms with Gasteiger partial charge in [0.25, 0.3) is 0 Å². The highest BCUT2D eigenvalue weighted by atomic mass is 17.5. The number of hydrogen-bond donors (Lipinski definition) is 0. The van der Waals surface area contributed by atoms with Crippen molar-refractivity contribution in [2.75, 3.05) is 14.2 Å². The third-order valence-corrected chi connectivity index (χ3v) is 3.16. The smallest absolute Gasteiger partial charge is 0.330 e. The first-order valence-corrected chi connectivity index (χ1v) is 8.24. The predicted octanol–water partition coefficient (Wildman–Crippen LogP) is 4.81. The van der Waals surface area contributed by atoms with Crippen LogP contribution in [-0.4, -0.2) is 20.2 Å². The molecule has 5 nitrogen and oxygen atoms in total. The van der Waals surface area contributed by atoms with Crippen LogP contribution in [0.15, 0.2) is 36.1 Å². The summed E-state index contributed by atoms with van der Waals surface area (Å²) in [5.74, 6) is 0.129. The molecule has 0 heterocycles. The molecule has 0 atom stereocenters. The minimum absolute atomic E-state index is 0.405. The maximum Gasteiger partial charge on any atom is 0.330 e. The van der Waals surface area contributed by atoms with E-state index >= 15 is 0 Å². The summed E-state index contributed by atoms with van der Waals surface area (Å²) >= 11 is 0. The summed E-state index contributed by atoms with van der Waals surface area (Å²) in [5, 5.41) is 4.48. The summed E-state index contributed by atoms with van der Waals surface area (Å²) in [4.78, 5) is 20.3. The highest BCUT2D eigenvalue weighted by Gasteiger charge is 1.96. The lowest BCUT2D eigenvalue weighted by atomic mass is 10.1.